The first kappa shape index (κ1) is 23.9. The summed E-state index contributed by atoms with van der Waals surface area (Å²) in [7, 11) is 1.66. The summed E-state index contributed by atoms with van der Waals surface area (Å²) in [6, 6.07) is 12.1. The van der Waals surface area contributed by atoms with Gasteiger partial charge in [-0.05, 0) is 92.6 Å². The molecule has 0 aromatic heterocycles. The summed E-state index contributed by atoms with van der Waals surface area (Å²) in [5, 5.41) is 15.7. The molecule has 1 heterocycles. The van der Waals surface area contributed by atoms with Gasteiger partial charge in [0.1, 0.15) is 22.8 Å². The highest BCUT2D eigenvalue weighted by molar-refractivity contribution is 5.88. The number of ether oxygens (including phenoxy) is 2. The Morgan fingerprint density at radius 2 is 1.82 bits per heavy atom. The highest BCUT2D eigenvalue weighted by Crippen LogP contribution is 2.44. The van der Waals surface area contributed by atoms with Gasteiger partial charge in [0.2, 0.25) is 5.91 Å². The maximum Gasteiger partial charge on any atom is 0.227 e. The highest BCUT2D eigenvalue weighted by atomic mass is 16.5. The molecule has 1 aliphatic heterocycles. The average molecular weight is 462 g/mol. The predicted octanol–water partition coefficient (Wildman–Crippen LogP) is 5.87. The van der Waals surface area contributed by atoms with Gasteiger partial charge >= 0.3 is 0 Å². The molecule has 3 aromatic carbocycles. The van der Waals surface area contributed by atoms with Crippen LogP contribution in [0.5, 0.6) is 17.2 Å². The summed E-state index contributed by atoms with van der Waals surface area (Å²) in [5.41, 5.74) is 4.52. The van der Waals surface area contributed by atoms with Crippen LogP contribution in [0.1, 0.15) is 60.4 Å². The summed E-state index contributed by atoms with van der Waals surface area (Å²) in [6.07, 6.45) is 2.43. The molecule has 0 radical (unpaired) electrons. The number of phenols is 1. The van der Waals surface area contributed by atoms with Crippen molar-refractivity contribution in [3.05, 3.63) is 64.2 Å². The average Bonchev–Trinajstić information content (AvgIpc) is 2.84. The molecule has 5 nitrogen and oxygen atoms in total. The van der Waals surface area contributed by atoms with Gasteiger partial charge in [0.15, 0.2) is 0 Å². The maximum absolute atomic E-state index is 12.9. The summed E-state index contributed by atoms with van der Waals surface area (Å²) < 4.78 is 11.8. The van der Waals surface area contributed by atoms with Crippen molar-refractivity contribution >= 4 is 16.7 Å². The first-order valence-corrected chi connectivity index (χ1v) is 12.0. The number of carbonyl (C=O) groups excluding carboxylic acids is 1. The number of benzene rings is 3. The summed E-state index contributed by atoms with van der Waals surface area (Å²) >= 11 is 0. The standard InChI is InChI=1S/C29H35NO4/c1-17-18(2)27-25(20(4)26(17)31)11-12-29(5,34-27)13-14-30-28(32)19(3)21-7-8-23-16-24(33-6)10-9-22(23)15-21/h7-10,15-16,19,31H,11-14H2,1-6H3,(H,30,32)/t19-,29+/m0/s1. The second-order valence-electron chi connectivity index (χ2n) is 9.82. The SMILES string of the molecule is COc1ccc2cc([C@H](C)C(=O)NCC[C@@]3(C)CCc4c(C)c(O)c(C)c(C)c4O3)ccc2c1. The van der Waals surface area contributed by atoms with E-state index in [-0.39, 0.29) is 17.4 Å². The van der Waals surface area contributed by atoms with E-state index in [0.29, 0.717) is 12.3 Å². The van der Waals surface area contributed by atoms with Crippen LogP contribution in [0.4, 0.5) is 0 Å². The Morgan fingerprint density at radius 1 is 1.12 bits per heavy atom. The Morgan fingerprint density at radius 3 is 2.56 bits per heavy atom. The summed E-state index contributed by atoms with van der Waals surface area (Å²) in [4.78, 5) is 12.9. The number of aromatic hydroxyl groups is 1. The zero-order valence-corrected chi connectivity index (χ0v) is 21.0. The number of phenolic OH excluding ortho intramolecular Hbond substituents is 1. The predicted molar refractivity (Wildman–Crippen MR) is 136 cm³/mol. The van der Waals surface area contributed by atoms with Crippen molar-refractivity contribution in [1.82, 2.24) is 5.32 Å². The van der Waals surface area contributed by atoms with Gasteiger partial charge in [0, 0.05) is 18.5 Å². The van der Waals surface area contributed by atoms with Crippen LogP contribution < -0.4 is 14.8 Å². The number of nitrogens with one attached hydrogen (secondary N) is 1. The Bertz CT molecular complexity index is 1250. The summed E-state index contributed by atoms with van der Waals surface area (Å²) in [5.74, 6) is 1.86. The van der Waals surface area contributed by atoms with Crippen molar-refractivity contribution in [2.24, 2.45) is 0 Å². The van der Waals surface area contributed by atoms with E-state index in [0.717, 1.165) is 69.4 Å². The van der Waals surface area contributed by atoms with Gasteiger partial charge in [-0.2, -0.15) is 0 Å². The van der Waals surface area contributed by atoms with Crippen LogP contribution in [0.2, 0.25) is 0 Å². The van der Waals surface area contributed by atoms with Crippen LogP contribution in [-0.4, -0.2) is 30.3 Å². The minimum Gasteiger partial charge on any atom is -0.507 e. The maximum atomic E-state index is 12.9. The lowest BCUT2D eigenvalue weighted by Gasteiger charge is -2.38. The van der Waals surface area contributed by atoms with Crippen LogP contribution in [0.15, 0.2) is 36.4 Å². The van der Waals surface area contributed by atoms with E-state index >= 15 is 0 Å². The monoisotopic (exact) mass is 461 g/mol. The number of rotatable bonds is 6. The van der Waals surface area contributed by atoms with Crippen molar-refractivity contribution in [3.8, 4) is 17.2 Å². The molecule has 2 N–H and O–H groups in total. The fourth-order valence-electron chi connectivity index (χ4n) is 4.86. The molecule has 0 bridgehead atoms. The Hall–Kier alpha value is -3.21. The molecule has 0 saturated carbocycles. The highest BCUT2D eigenvalue weighted by Gasteiger charge is 2.34. The zero-order valence-electron chi connectivity index (χ0n) is 21.0. The van der Waals surface area contributed by atoms with Crippen LogP contribution in [0.25, 0.3) is 10.8 Å². The van der Waals surface area contributed by atoms with Crippen LogP contribution in [0, 0.1) is 20.8 Å². The third kappa shape index (κ3) is 4.44. The molecule has 0 fully saturated rings. The van der Waals surface area contributed by atoms with E-state index < -0.39 is 0 Å². The number of amides is 1. The fraction of sp³-hybridized carbons (Fsp3) is 0.414. The lowest BCUT2D eigenvalue weighted by molar-refractivity contribution is -0.122. The van der Waals surface area contributed by atoms with Crippen molar-refractivity contribution in [3.63, 3.8) is 0 Å². The molecule has 34 heavy (non-hydrogen) atoms. The largest absolute Gasteiger partial charge is 0.507 e. The Kier molecular flexibility index (Phi) is 6.48. The fourth-order valence-corrected chi connectivity index (χ4v) is 4.86. The summed E-state index contributed by atoms with van der Waals surface area (Å²) in [6.45, 7) is 10.5. The quantitative estimate of drug-likeness (QED) is 0.482. The van der Waals surface area contributed by atoms with Gasteiger partial charge in [0.05, 0.1) is 13.0 Å². The number of methoxy groups -OCH3 is 1. The number of carbonyl (C=O) groups is 1. The Balaban J connectivity index is 1.40. The molecule has 0 unspecified atom stereocenters. The van der Waals surface area contributed by atoms with Crippen LogP contribution in [-0.2, 0) is 11.2 Å². The van der Waals surface area contributed by atoms with E-state index in [1.54, 1.807) is 7.11 Å². The van der Waals surface area contributed by atoms with Crippen molar-refractivity contribution < 1.29 is 19.4 Å². The van der Waals surface area contributed by atoms with Gasteiger partial charge in [-0.15, -0.1) is 0 Å². The molecule has 0 aliphatic carbocycles. The first-order valence-electron chi connectivity index (χ1n) is 12.0. The molecule has 1 aliphatic rings. The lowest BCUT2D eigenvalue weighted by atomic mass is 9.85. The normalized spacial score (nSPS) is 18.2. The van der Waals surface area contributed by atoms with E-state index in [1.165, 1.54) is 0 Å². The molecule has 2 atom stereocenters. The first-order chi connectivity index (χ1) is 16.1. The van der Waals surface area contributed by atoms with Crippen molar-refractivity contribution in [1.29, 1.82) is 0 Å². The third-order valence-electron chi connectivity index (χ3n) is 7.51. The molecular weight excluding hydrogens is 426 g/mol. The molecular formula is C29H35NO4. The van der Waals surface area contributed by atoms with Crippen LogP contribution in [0.3, 0.4) is 0 Å². The van der Waals surface area contributed by atoms with Gasteiger partial charge in [0.25, 0.3) is 0 Å². The number of fused-ring (bicyclic) bond motifs is 2. The molecule has 3 aromatic rings. The smallest absolute Gasteiger partial charge is 0.227 e. The lowest BCUT2D eigenvalue weighted by Crippen LogP contribution is -2.41. The second kappa shape index (κ2) is 9.21. The van der Waals surface area contributed by atoms with Crippen LogP contribution >= 0.6 is 0 Å². The molecule has 0 spiro atoms. The minimum atomic E-state index is -0.355. The third-order valence-corrected chi connectivity index (χ3v) is 7.51. The number of hydrogen-bond acceptors (Lipinski definition) is 4. The zero-order chi connectivity index (χ0) is 24.6. The number of hydrogen-bond donors (Lipinski definition) is 2. The van der Waals surface area contributed by atoms with Crippen molar-refractivity contribution in [2.75, 3.05) is 13.7 Å². The van der Waals surface area contributed by atoms with Gasteiger partial charge in [-0.3, -0.25) is 4.79 Å². The van der Waals surface area contributed by atoms with E-state index in [4.69, 9.17) is 9.47 Å². The molecule has 0 saturated heterocycles. The molecule has 5 heteroatoms. The van der Waals surface area contributed by atoms with Crippen molar-refractivity contribution in [2.45, 2.75) is 65.4 Å². The van der Waals surface area contributed by atoms with Gasteiger partial charge < -0.3 is 19.9 Å². The van der Waals surface area contributed by atoms with Gasteiger partial charge in [-0.25, -0.2) is 0 Å². The molecule has 1 amide bonds. The van der Waals surface area contributed by atoms with E-state index in [9.17, 15) is 9.90 Å². The Labute approximate surface area is 202 Å². The van der Waals surface area contributed by atoms with E-state index in [1.807, 2.05) is 58.0 Å². The van der Waals surface area contributed by atoms with E-state index in [2.05, 4.69) is 18.3 Å². The van der Waals surface area contributed by atoms with Gasteiger partial charge in [-0.1, -0.05) is 24.3 Å². The molecule has 4 rings (SSSR count). The second-order valence-corrected chi connectivity index (χ2v) is 9.82. The topological polar surface area (TPSA) is 67.8 Å². The minimum absolute atomic E-state index is 0.0143. The molecule has 180 valence electrons.